The minimum absolute atomic E-state index is 0.0893. The molecular formula is C12H15FO3. The van der Waals surface area contributed by atoms with Crippen molar-refractivity contribution in [2.24, 2.45) is 0 Å². The lowest BCUT2D eigenvalue weighted by molar-refractivity contribution is -0.135. The number of allylic oxidation sites excluding steroid dienone is 1. The van der Waals surface area contributed by atoms with Crippen molar-refractivity contribution >= 4 is 5.97 Å². The van der Waals surface area contributed by atoms with Crippen LogP contribution in [0.3, 0.4) is 0 Å². The van der Waals surface area contributed by atoms with Crippen LogP contribution in [-0.2, 0) is 9.53 Å². The normalized spacial score (nSPS) is 8.50. The fourth-order valence-corrected chi connectivity index (χ4v) is 0.642. The molecule has 1 aromatic carbocycles. The van der Waals surface area contributed by atoms with Gasteiger partial charge in [0.15, 0.2) is 0 Å². The molecule has 1 rings (SSSR count). The van der Waals surface area contributed by atoms with Gasteiger partial charge in [-0.25, -0.2) is 4.39 Å². The molecule has 3 nitrogen and oxygen atoms in total. The van der Waals surface area contributed by atoms with Crippen LogP contribution >= 0.6 is 0 Å². The van der Waals surface area contributed by atoms with Crippen LogP contribution in [0.1, 0.15) is 20.8 Å². The maximum atomic E-state index is 12.0. The van der Waals surface area contributed by atoms with Gasteiger partial charge in [0, 0.05) is 6.92 Å². The molecule has 0 amide bonds. The third-order valence-electron chi connectivity index (χ3n) is 1.29. The first kappa shape index (κ1) is 14.2. The van der Waals surface area contributed by atoms with E-state index in [4.69, 9.17) is 5.11 Å². The number of aromatic hydroxyl groups is 1. The topological polar surface area (TPSA) is 46.5 Å². The summed E-state index contributed by atoms with van der Waals surface area (Å²) in [5, 5.41) is 8.59. The van der Waals surface area contributed by atoms with Crippen molar-refractivity contribution in [1.82, 2.24) is 0 Å². The summed E-state index contributed by atoms with van der Waals surface area (Å²) in [5.74, 6) is -0.514. The van der Waals surface area contributed by atoms with Gasteiger partial charge in [-0.3, -0.25) is 4.79 Å². The van der Waals surface area contributed by atoms with Crippen LogP contribution in [0.15, 0.2) is 36.1 Å². The molecule has 0 saturated heterocycles. The molecule has 0 heterocycles. The number of carbonyl (C=O) groups excluding carboxylic acids is 1. The molecule has 16 heavy (non-hydrogen) atoms. The van der Waals surface area contributed by atoms with E-state index in [2.05, 4.69) is 4.74 Å². The lowest BCUT2D eigenvalue weighted by Crippen LogP contribution is -1.89. The Balaban J connectivity index is 0.000000281. The third kappa shape index (κ3) is 8.74. The number of ether oxygens (including phenoxy) is 1. The number of hydrogen-bond acceptors (Lipinski definition) is 3. The predicted octanol–water partition coefficient (Wildman–Crippen LogP) is 3.00. The van der Waals surface area contributed by atoms with Crippen LogP contribution < -0.4 is 0 Å². The molecule has 1 N–H and O–H groups in total. The summed E-state index contributed by atoms with van der Waals surface area (Å²) < 4.78 is 16.5. The maximum absolute atomic E-state index is 12.0. The lowest BCUT2D eigenvalue weighted by Gasteiger charge is -1.90. The largest absolute Gasteiger partial charge is 0.508 e. The molecule has 0 aliphatic heterocycles. The van der Waals surface area contributed by atoms with Crippen molar-refractivity contribution < 1.29 is 19.0 Å². The highest BCUT2D eigenvalue weighted by atomic mass is 19.1. The number of carbonyl (C=O) groups is 1. The molecule has 0 atom stereocenters. The molecule has 0 spiro atoms. The van der Waals surface area contributed by atoms with Crippen molar-refractivity contribution in [2.45, 2.75) is 20.8 Å². The van der Waals surface area contributed by atoms with E-state index < -0.39 is 0 Å². The SMILES string of the molecule is CC(=O)OC=C(C)C.Oc1ccc(F)cc1. The molecule has 4 heteroatoms. The average molecular weight is 226 g/mol. The molecule has 0 bridgehead atoms. The highest BCUT2D eigenvalue weighted by molar-refractivity contribution is 5.66. The quantitative estimate of drug-likeness (QED) is 0.591. The molecule has 0 fully saturated rings. The minimum Gasteiger partial charge on any atom is -0.508 e. The molecule has 0 aromatic heterocycles. The smallest absolute Gasteiger partial charge is 0.307 e. The number of rotatable bonds is 1. The first-order valence-corrected chi connectivity index (χ1v) is 4.67. The van der Waals surface area contributed by atoms with Crippen molar-refractivity contribution in [1.29, 1.82) is 0 Å². The van der Waals surface area contributed by atoms with Gasteiger partial charge in [-0.2, -0.15) is 0 Å². The summed E-state index contributed by atoms with van der Waals surface area (Å²) in [6, 6.07) is 5.01. The van der Waals surface area contributed by atoms with Crippen LogP contribution in [0.5, 0.6) is 5.75 Å². The van der Waals surface area contributed by atoms with Crippen molar-refractivity contribution in [2.75, 3.05) is 0 Å². The van der Waals surface area contributed by atoms with Gasteiger partial charge in [0.05, 0.1) is 6.26 Å². The molecule has 0 radical (unpaired) electrons. The predicted molar refractivity (Wildman–Crippen MR) is 59.3 cm³/mol. The number of phenols is 1. The fraction of sp³-hybridized carbons (Fsp3) is 0.250. The Morgan fingerprint density at radius 1 is 1.25 bits per heavy atom. The summed E-state index contributed by atoms with van der Waals surface area (Å²) in [4.78, 5) is 10.1. The molecule has 1 aromatic rings. The number of esters is 1. The number of hydrogen-bond donors (Lipinski definition) is 1. The van der Waals surface area contributed by atoms with Gasteiger partial charge >= 0.3 is 5.97 Å². The van der Waals surface area contributed by atoms with Gasteiger partial charge in [0.2, 0.25) is 0 Å². The Bertz CT molecular complexity index is 330. The van der Waals surface area contributed by atoms with E-state index in [-0.39, 0.29) is 17.5 Å². The summed E-state index contributed by atoms with van der Waals surface area (Å²) in [6.07, 6.45) is 1.43. The van der Waals surface area contributed by atoms with Crippen LogP contribution in [0, 0.1) is 5.82 Å². The Hall–Kier alpha value is -1.84. The summed E-state index contributed by atoms with van der Waals surface area (Å²) in [6.45, 7) is 5.10. The zero-order chi connectivity index (χ0) is 12.6. The van der Waals surface area contributed by atoms with Crippen LogP contribution in [-0.4, -0.2) is 11.1 Å². The van der Waals surface area contributed by atoms with Crippen molar-refractivity contribution in [3.05, 3.63) is 41.9 Å². The van der Waals surface area contributed by atoms with E-state index in [1.54, 1.807) is 0 Å². The van der Waals surface area contributed by atoms with E-state index in [9.17, 15) is 9.18 Å². The lowest BCUT2D eigenvalue weighted by atomic mass is 10.3. The van der Waals surface area contributed by atoms with Gasteiger partial charge in [-0.15, -0.1) is 0 Å². The first-order valence-electron chi connectivity index (χ1n) is 4.67. The third-order valence-corrected chi connectivity index (χ3v) is 1.29. The second-order valence-corrected chi connectivity index (χ2v) is 3.28. The van der Waals surface area contributed by atoms with E-state index in [0.29, 0.717) is 0 Å². The van der Waals surface area contributed by atoms with Gasteiger partial charge in [0.1, 0.15) is 11.6 Å². The van der Waals surface area contributed by atoms with Gasteiger partial charge in [-0.05, 0) is 43.7 Å². The van der Waals surface area contributed by atoms with Crippen LogP contribution in [0.25, 0.3) is 0 Å². The second-order valence-electron chi connectivity index (χ2n) is 3.28. The number of phenolic OH excluding ortho intramolecular Hbond substituents is 1. The Kier molecular flexibility index (Phi) is 6.59. The molecule has 0 aliphatic rings. The monoisotopic (exact) mass is 226 g/mol. The summed E-state index contributed by atoms with van der Waals surface area (Å²) in [5.41, 5.74) is 0.986. The summed E-state index contributed by atoms with van der Waals surface area (Å²) in [7, 11) is 0. The van der Waals surface area contributed by atoms with E-state index in [1.165, 1.54) is 37.5 Å². The minimum atomic E-state index is -0.331. The Morgan fingerprint density at radius 3 is 2.00 bits per heavy atom. The molecular weight excluding hydrogens is 211 g/mol. The fourth-order valence-electron chi connectivity index (χ4n) is 0.642. The van der Waals surface area contributed by atoms with E-state index in [1.807, 2.05) is 13.8 Å². The van der Waals surface area contributed by atoms with Gasteiger partial charge < -0.3 is 9.84 Å². The van der Waals surface area contributed by atoms with E-state index in [0.717, 1.165) is 5.57 Å². The molecule has 0 aliphatic carbocycles. The van der Waals surface area contributed by atoms with E-state index >= 15 is 0 Å². The summed E-state index contributed by atoms with van der Waals surface area (Å²) >= 11 is 0. The highest BCUT2D eigenvalue weighted by Gasteiger charge is 1.85. The molecule has 88 valence electrons. The van der Waals surface area contributed by atoms with Gasteiger partial charge in [0.25, 0.3) is 0 Å². The molecule has 0 saturated carbocycles. The second kappa shape index (κ2) is 7.45. The van der Waals surface area contributed by atoms with Crippen LogP contribution in [0.4, 0.5) is 4.39 Å². The molecule has 0 unspecified atom stereocenters. The van der Waals surface area contributed by atoms with Crippen molar-refractivity contribution in [3.8, 4) is 5.75 Å². The maximum Gasteiger partial charge on any atom is 0.307 e. The highest BCUT2D eigenvalue weighted by Crippen LogP contribution is 2.06. The average Bonchev–Trinajstić information content (AvgIpc) is 2.20. The zero-order valence-electron chi connectivity index (χ0n) is 9.53. The standard InChI is InChI=1S/C6H5FO.C6H10O2/c7-5-1-3-6(8)4-2-5;1-5(2)4-8-6(3)7/h1-4,8H;4H,1-3H3. The van der Waals surface area contributed by atoms with Crippen molar-refractivity contribution in [3.63, 3.8) is 0 Å². The number of benzene rings is 1. The Morgan fingerprint density at radius 2 is 1.75 bits per heavy atom. The van der Waals surface area contributed by atoms with Gasteiger partial charge in [-0.1, -0.05) is 0 Å². The first-order chi connectivity index (χ1) is 7.41. The number of halogens is 1. The Labute approximate surface area is 94.2 Å². The zero-order valence-corrected chi connectivity index (χ0v) is 9.53. The van der Waals surface area contributed by atoms with Crippen LogP contribution in [0.2, 0.25) is 0 Å².